The maximum atomic E-state index is 13.2. The smallest absolute Gasteiger partial charge is 0.162 e. The van der Waals surface area contributed by atoms with Gasteiger partial charge in [-0.3, -0.25) is 14.6 Å². The molecule has 0 saturated carbocycles. The molecule has 2 heterocycles. The van der Waals surface area contributed by atoms with Crippen molar-refractivity contribution in [2.24, 2.45) is 5.92 Å². The standard InChI is InChI=1S/C33H39FN2O2.2ClH/c1-38-32-11-4-27(5-12-32)24-36-20-16-28-7-8-30(22-29(28)17-21-36)33(37)13-6-25-14-18-35(19-15-25)23-26-2-9-31(34)10-3-26;;/h2-5,7-12,22,25H,6,13-21,23-24H2,1H3;2*1H. The van der Waals surface area contributed by atoms with Crippen LogP contribution in [0.2, 0.25) is 0 Å². The summed E-state index contributed by atoms with van der Waals surface area (Å²) < 4.78 is 18.4. The SMILES string of the molecule is COc1ccc(CN2CCc3ccc(C(=O)CCC4CCN(Cc5ccc(F)cc5)CC4)cc3CC2)cc1.Cl.Cl. The number of halogens is 3. The molecule has 0 atom stereocenters. The van der Waals surface area contributed by atoms with Gasteiger partial charge in [0, 0.05) is 38.2 Å². The topological polar surface area (TPSA) is 32.8 Å². The molecule has 4 nitrogen and oxygen atoms in total. The van der Waals surface area contributed by atoms with Gasteiger partial charge in [-0.05, 0) is 104 Å². The zero-order chi connectivity index (χ0) is 26.3. The summed E-state index contributed by atoms with van der Waals surface area (Å²) >= 11 is 0. The summed E-state index contributed by atoms with van der Waals surface area (Å²) in [5.41, 5.74) is 6.05. The Morgan fingerprint density at radius 2 is 1.38 bits per heavy atom. The van der Waals surface area contributed by atoms with Crippen LogP contribution in [0.3, 0.4) is 0 Å². The van der Waals surface area contributed by atoms with Crippen LogP contribution in [-0.4, -0.2) is 48.9 Å². The number of ether oxygens (including phenoxy) is 1. The third-order valence-corrected chi connectivity index (χ3v) is 8.29. The van der Waals surface area contributed by atoms with Crippen LogP contribution in [0.1, 0.15) is 58.3 Å². The molecule has 1 saturated heterocycles. The van der Waals surface area contributed by atoms with Crippen molar-refractivity contribution in [1.29, 1.82) is 0 Å². The number of Topliss-reactive ketones (excluding diaryl/α,β-unsaturated/α-hetero) is 1. The molecular formula is C33H41Cl2FN2O2. The molecule has 0 aliphatic carbocycles. The second kappa shape index (κ2) is 15.5. The van der Waals surface area contributed by atoms with Crippen LogP contribution in [0.4, 0.5) is 4.39 Å². The summed E-state index contributed by atoms with van der Waals surface area (Å²) in [5, 5.41) is 0. The van der Waals surface area contributed by atoms with Gasteiger partial charge in [-0.15, -0.1) is 24.8 Å². The molecule has 3 aromatic rings. The summed E-state index contributed by atoms with van der Waals surface area (Å²) in [4.78, 5) is 18.0. The van der Waals surface area contributed by atoms with Crippen LogP contribution < -0.4 is 4.74 Å². The van der Waals surface area contributed by atoms with Crippen molar-refractivity contribution in [3.05, 3.63) is 100 Å². The number of ketones is 1. The molecule has 2 aliphatic heterocycles. The third kappa shape index (κ3) is 8.78. The van der Waals surface area contributed by atoms with Gasteiger partial charge >= 0.3 is 0 Å². The molecular weight excluding hydrogens is 546 g/mol. The fourth-order valence-corrected chi connectivity index (χ4v) is 5.85. The highest BCUT2D eigenvalue weighted by Gasteiger charge is 2.21. The summed E-state index contributed by atoms with van der Waals surface area (Å²) in [6, 6.07) is 21.6. The molecule has 0 radical (unpaired) electrons. The molecule has 40 heavy (non-hydrogen) atoms. The molecule has 0 amide bonds. The van der Waals surface area contributed by atoms with E-state index in [2.05, 4.69) is 34.1 Å². The van der Waals surface area contributed by atoms with Crippen LogP contribution >= 0.6 is 24.8 Å². The Morgan fingerprint density at radius 1 is 0.800 bits per heavy atom. The number of rotatable bonds is 9. The molecule has 3 aromatic carbocycles. The highest BCUT2D eigenvalue weighted by atomic mass is 35.5. The number of hydrogen-bond donors (Lipinski definition) is 0. The van der Waals surface area contributed by atoms with Gasteiger partial charge in [-0.1, -0.05) is 36.4 Å². The Hall–Kier alpha value is -2.44. The predicted molar refractivity (Wildman–Crippen MR) is 165 cm³/mol. The Labute approximate surface area is 250 Å². The van der Waals surface area contributed by atoms with E-state index in [0.29, 0.717) is 12.3 Å². The van der Waals surface area contributed by atoms with Gasteiger partial charge in [0.15, 0.2) is 5.78 Å². The number of carbonyl (C=O) groups excluding carboxylic acids is 1. The van der Waals surface area contributed by atoms with E-state index in [1.807, 2.05) is 30.3 Å². The monoisotopic (exact) mass is 586 g/mol. The van der Waals surface area contributed by atoms with Gasteiger partial charge in [0.25, 0.3) is 0 Å². The van der Waals surface area contributed by atoms with Crippen molar-refractivity contribution in [2.45, 2.75) is 51.6 Å². The lowest BCUT2D eigenvalue weighted by Gasteiger charge is -2.32. The summed E-state index contributed by atoms with van der Waals surface area (Å²) in [7, 11) is 1.70. The van der Waals surface area contributed by atoms with E-state index in [-0.39, 0.29) is 36.4 Å². The van der Waals surface area contributed by atoms with Gasteiger partial charge in [-0.2, -0.15) is 0 Å². The number of piperidine rings is 1. The lowest BCUT2D eigenvalue weighted by atomic mass is 9.89. The van der Waals surface area contributed by atoms with Crippen LogP contribution in [0.5, 0.6) is 5.75 Å². The fourth-order valence-electron chi connectivity index (χ4n) is 5.85. The molecule has 5 rings (SSSR count). The lowest BCUT2D eigenvalue weighted by Crippen LogP contribution is -2.33. The number of carbonyl (C=O) groups is 1. The number of likely N-dealkylation sites (tertiary alicyclic amines) is 1. The Kier molecular flexibility index (Phi) is 12.5. The first-order valence-corrected chi connectivity index (χ1v) is 14.0. The van der Waals surface area contributed by atoms with E-state index >= 15 is 0 Å². The maximum absolute atomic E-state index is 13.2. The van der Waals surface area contributed by atoms with Crippen LogP contribution in [-0.2, 0) is 25.9 Å². The molecule has 0 aromatic heterocycles. The Morgan fingerprint density at radius 3 is 2.00 bits per heavy atom. The zero-order valence-electron chi connectivity index (χ0n) is 23.3. The lowest BCUT2D eigenvalue weighted by molar-refractivity contribution is 0.0961. The van der Waals surface area contributed by atoms with Crippen molar-refractivity contribution in [1.82, 2.24) is 9.80 Å². The number of nitrogens with zero attached hydrogens (tertiary/aromatic N) is 2. The normalized spacial score (nSPS) is 16.2. The van der Waals surface area contributed by atoms with Crippen molar-refractivity contribution in [3.63, 3.8) is 0 Å². The Bertz CT molecular complexity index is 1210. The zero-order valence-corrected chi connectivity index (χ0v) is 25.0. The second-order valence-corrected chi connectivity index (χ2v) is 10.9. The minimum Gasteiger partial charge on any atom is -0.497 e. The van der Waals surface area contributed by atoms with Crippen molar-refractivity contribution in [3.8, 4) is 5.75 Å². The quantitative estimate of drug-likeness (QED) is 0.249. The third-order valence-electron chi connectivity index (χ3n) is 8.29. The molecule has 2 aliphatic rings. The Balaban J connectivity index is 0.00000220. The molecule has 1 fully saturated rings. The summed E-state index contributed by atoms with van der Waals surface area (Å²) in [5.74, 6) is 1.59. The maximum Gasteiger partial charge on any atom is 0.162 e. The van der Waals surface area contributed by atoms with Crippen LogP contribution in [0, 0.1) is 11.7 Å². The first-order valence-electron chi connectivity index (χ1n) is 14.0. The highest BCUT2D eigenvalue weighted by Crippen LogP contribution is 2.25. The summed E-state index contributed by atoms with van der Waals surface area (Å²) in [6.45, 7) is 5.94. The number of fused-ring (bicyclic) bond motifs is 1. The molecule has 216 valence electrons. The minimum absolute atomic E-state index is 0. The predicted octanol–water partition coefficient (Wildman–Crippen LogP) is 7.15. The van der Waals surface area contributed by atoms with Gasteiger partial charge in [-0.25, -0.2) is 4.39 Å². The van der Waals surface area contributed by atoms with E-state index < -0.39 is 0 Å². The van der Waals surface area contributed by atoms with Gasteiger partial charge in [0.05, 0.1) is 7.11 Å². The van der Waals surface area contributed by atoms with Gasteiger partial charge in [0.1, 0.15) is 11.6 Å². The van der Waals surface area contributed by atoms with Crippen LogP contribution in [0.25, 0.3) is 0 Å². The first-order chi connectivity index (χ1) is 18.6. The largest absolute Gasteiger partial charge is 0.497 e. The van der Waals surface area contributed by atoms with Crippen LogP contribution in [0.15, 0.2) is 66.7 Å². The number of benzene rings is 3. The second-order valence-electron chi connectivity index (χ2n) is 10.9. The van der Waals surface area contributed by atoms with Gasteiger partial charge < -0.3 is 4.74 Å². The molecule has 0 spiro atoms. The van der Waals surface area contributed by atoms with E-state index in [9.17, 15) is 9.18 Å². The van der Waals surface area contributed by atoms with E-state index in [4.69, 9.17) is 4.74 Å². The van der Waals surface area contributed by atoms with Crippen molar-refractivity contribution in [2.75, 3.05) is 33.3 Å². The summed E-state index contributed by atoms with van der Waals surface area (Å²) in [6.07, 6.45) is 5.86. The molecule has 0 N–H and O–H groups in total. The van der Waals surface area contributed by atoms with E-state index in [0.717, 1.165) is 88.2 Å². The van der Waals surface area contributed by atoms with E-state index in [1.54, 1.807) is 7.11 Å². The minimum atomic E-state index is -0.182. The number of methoxy groups -OCH3 is 1. The van der Waals surface area contributed by atoms with Gasteiger partial charge in [0.2, 0.25) is 0 Å². The molecule has 0 bridgehead atoms. The van der Waals surface area contributed by atoms with Crippen molar-refractivity contribution < 1.29 is 13.9 Å². The molecule has 7 heteroatoms. The fraction of sp³-hybridized carbons (Fsp3) is 0.424. The molecule has 0 unspecified atom stereocenters. The first kappa shape index (κ1) is 32.1. The number of hydrogen-bond acceptors (Lipinski definition) is 4. The van der Waals surface area contributed by atoms with E-state index in [1.165, 1.54) is 28.8 Å². The average molecular weight is 588 g/mol. The average Bonchev–Trinajstić information content (AvgIpc) is 3.16. The highest BCUT2D eigenvalue weighted by molar-refractivity contribution is 5.96. The van der Waals surface area contributed by atoms with Crippen molar-refractivity contribution >= 4 is 30.6 Å².